The average molecular weight is 351 g/mol. The summed E-state index contributed by atoms with van der Waals surface area (Å²) in [6.45, 7) is 3.63. The van der Waals surface area contributed by atoms with Gasteiger partial charge >= 0.3 is 5.69 Å². The smallest absolute Gasteiger partial charge is 0.311 e. The minimum Gasteiger partial charge on any atom is -0.351 e. The molecule has 1 aromatic carbocycles. The van der Waals surface area contributed by atoms with Crippen molar-refractivity contribution in [3.8, 4) is 0 Å². The number of aromatic nitrogens is 3. The van der Waals surface area contributed by atoms with Gasteiger partial charge in [0.05, 0.1) is 16.0 Å². The quantitative estimate of drug-likeness (QED) is 0.528. The summed E-state index contributed by atoms with van der Waals surface area (Å²) in [6, 6.07) is 11.7. The molecule has 3 aromatic rings. The molecule has 0 N–H and O–H groups in total. The van der Waals surface area contributed by atoms with E-state index >= 15 is 0 Å². The zero-order chi connectivity index (χ0) is 18.1. The number of aryl methyl sites for hydroxylation is 1. The number of benzene rings is 1. The lowest BCUT2D eigenvalue weighted by Gasteiger charge is -2.34. The van der Waals surface area contributed by atoms with E-state index in [-0.39, 0.29) is 10.6 Å². The van der Waals surface area contributed by atoms with Crippen molar-refractivity contribution in [1.29, 1.82) is 0 Å². The first-order chi connectivity index (χ1) is 12.7. The molecule has 0 unspecified atom stereocenters. The molecule has 1 saturated heterocycles. The highest BCUT2D eigenvalue weighted by Gasteiger charge is 2.28. The molecule has 0 bridgehead atoms. The lowest BCUT2D eigenvalue weighted by molar-refractivity contribution is -0.384. The number of rotatable bonds is 4. The molecule has 26 heavy (non-hydrogen) atoms. The summed E-state index contributed by atoms with van der Waals surface area (Å²) < 4.78 is 2.36. The third kappa shape index (κ3) is 2.79. The second-order valence-corrected chi connectivity index (χ2v) is 6.56. The number of piperidine rings is 1. The molecule has 4 rings (SSSR count). The number of pyridine rings is 1. The van der Waals surface area contributed by atoms with Gasteiger partial charge in [0.1, 0.15) is 5.82 Å². The second kappa shape index (κ2) is 6.74. The maximum atomic E-state index is 11.3. The summed E-state index contributed by atoms with van der Waals surface area (Å²) >= 11 is 0. The first-order valence-corrected chi connectivity index (χ1v) is 8.99. The van der Waals surface area contributed by atoms with E-state index in [1.165, 1.54) is 11.6 Å². The second-order valence-electron chi connectivity index (χ2n) is 6.56. The van der Waals surface area contributed by atoms with Crippen LogP contribution in [0.25, 0.3) is 11.0 Å². The fourth-order valence-corrected chi connectivity index (χ4v) is 3.86. The molecule has 0 spiro atoms. The van der Waals surface area contributed by atoms with Crippen molar-refractivity contribution in [2.45, 2.75) is 32.2 Å². The lowest BCUT2D eigenvalue weighted by Crippen LogP contribution is -2.35. The Morgan fingerprint density at radius 2 is 1.96 bits per heavy atom. The van der Waals surface area contributed by atoms with Gasteiger partial charge in [-0.1, -0.05) is 19.1 Å². The third-order valence-corrected chi connectivity index (χ3v) is 5.08. The van der Waals surface area contributed by atoms with Gasteiger partial charge in [0.25, 0.3) is 0 Å². The van der Waals surface area contributed by atoms with Gasteiger partial charge in [0.15, 0.2) is 0 Å². The summed E-state index contributed by atoms with van der Waals surface area (Å²) in [7, 11) is 0. The molecule has 0 saturated carbocycles. The number of imidazole rings is 1. The normalized spacial score (nSPS) is 15.5. The highest BCUT2D eigenvalue weighted by Crippen LogP contribution is 2.33. The molecule has 0 aliphatic carbocycles. The van der Waals surface area contributed by atoms with Crippen LogP contribution in [0, 0.1) is 10.1 Å². The number of nitrogens with zero attached hydrogens (tertiary/aromatic N) is 5. The fraction of sp³-hybridized carbons (Fsp3) is 0.368. The third-order valence-electron chi connectivity index (χ3n) is 5.08. The maximum Gasteiger partial charge on any atom is 0.311 e. The SMILES string of the molecule is CCc1nc2ccccc2n1C1CCN(c2ncccc2[N+](=O)[O-])CC1. The molecule has 7 heteroatoms. The number of hydrogen-bond donors (Lipinski definition) is 0. The Labute approximate surface area is 151 Å². The van der Waals surface area contributed by atoms with Gasteiger partial charge in [-0.2, -0.15) is 0 Å². The van der Waals surface area contributed by atoms with E-state index in [1.54, 1.807) is 12.3 Å². The first-order valence-electron chi connectivity index (χ1n) is 8.99. The molecule has 0 radical (unpaired) electrons. The standard InChI is InChI=1S/C19H21N5O2/c1-2-18-21-15-6-3-4-7-16(15)23(18)14-9-12-22(13-10-14)19-17(24(25)26)8-5-11-20-19/h3-8,11,14H,2,9-10,12-13H2,1H3. The molecule has 0 amide bonds. The molecule has 1 fully saturated rings. The van der Waals surface area contributed by atoms with E-state index in [1.807, 2.05) is 17.0 Å². The van der Waals surface area contributed by atoms with E-state index < -0.39 is 0 Å². The molecule has 1 aliphatic rings. The number of nitro groups is 1. The Morgan fingerprint density at radius 3 is 2.69 bits per heavy atom. The van der Waals surface area contributed by atoms with E-state index in [0.29, 0.717) is 11.9 Å². The summed E-state index contributed by atoms with van der Waals surface area (Å²) in [4.78, 5) is 22.0. The Balaban J connectivity index is 1.59. The Morgan fingerprint density at radius 1 is 1.19 bits per heavy atom. The minimum atomic E-state index is -0.354. The summed E-state index contributed by atoms with van der Waals surface area (Å²) in [6.07, 6.45) is 4.34. The monoisotopic (exact) mass is 351 g/mol. The van der Waals surface area contributed by atoms with Gasteiger partial charge in [0.2, 0.25) is 5.82 Å². The number of para-hydroxylation sites is 2. The van der Waals surface area contributed by atoms with E-state index in [0.717, 1.165) is 43.7 Å². The van der Waals surface area contributed by atoms with Gasteiger partial charge in [-0.3, -0.25) is 10.1 Å². The Kier molecular flexibility index (Phi) is 4.28. The van der Waals surface area contributed by atoms with Crippen LogP contribution in [0.5, 0.6) is 0 Å². The van der Waals surface area contributed by atoms with Crippen LogP contribution in [0.1, 0.15) is 31.6 Å². The van der Waals surface area contributed by atoms with Crippen LogP contribution in [0.15, 0.2) is 42.6 Å². The number of hydrogen-bond acceptors (Lipinski definition) is 5. The molecule has 3 heterocycles. The van der Waals surface area contributed by atoms with Crippen molar-refractivity contribution in [2.75, 3.05) is 18.0 Å². The van der Waals surface area contributed by atoms with Crippen LogP contribution in [0.3, 0.4) is 0 Å². The van der Waals surface area contributed by atoms with E-state index in [2.05, 4.69) is 28.6 Å². The predicted octanol–water partition coefficient (Wildman–Crippen LogP) is 3.74. The Bertz CT molecular complexity index is 944. The van der Waals surface area contributed by atoms with Crippen LogP contribution in [-0.2, 0) is 6.42 Å². The van der Waals surface area contributed by atoms with Gasteiger partial charge < -0.3 is 9.47 Å². The van der Waals surface area contributed by atoms with Crippen molar-refractivity contribution < 1.29 is 4.92 Å². The van der Waals surface area contributed by atoms with Gasteiger partial charge in [-0.25, -0.2) is 9.97 Å². The molecule has 7 nitrogen and oxygen atoms in total. The predicted molar refractivity (Wildman–Crippen MR) is 100 cm³/mol. The lowest BCUT2D eigenvalue weighted by atomic mass is 10.0. The van der Waals surface area contributed by atoms with Gasteiger partial charge in [-0.05, 0) is 31.0 Å². The molecule has 2 aromatic heterocycles. The van der Waals surface area contributed by atoms with Crippen LogP contribution in [0.4, 0.5) is 11.5 Å². The highest BCUT2D eigenvalue weighted by atomic mass is 16.6. The zero-order valence-corrected chi connectivity index (χ0v) is 14.7. The highest BCUT2D eigenvalue weighted by molar-refractivity contribution is 5.76. The van der Waals surface area contributed by atoms with Crippen LogP contribution >= 0.6 is 0 Å². The average Bonchev–Trinajstić information content (AvgIpc) is 3.06. The molecule has 0 atom stereocenters. The summed E-state index contributed by atoms with van der Waals surface area (Å²) in [5.74, 6) is 1.58. The fourth-order valence-electron chi connectivity index (χ4n) is 3.86. The molecular formula is C19H21N5O2. The van der Waals surface area contributed by atoms with Crippen molar-refractivity contribution in [2.24, 2.45) is 0 Å². The summed E-state index contributed by atoms with van der Waals surface area (Å²) in [5.41, 5.74) is 2.28. The number of fused-ring (bicyclic) bond motifs is 1. The Hall–Kier alpha value is -2.96. The van der Waals surface area contributed by atoms with Gasteiger partial charge in [-0.15, -0.1) is 0 Å². The van der Waals surface area contributed by atoms with Crippen molar-refractivity contribution in [3.05, 3.63) is 58.5 Å². The van der Waals surface area contributed by atoms with Crippen LogP contribution in [0.2, 0.25) is 0 Å². The van der Waals surface area contributed by atoms with Crippen molar-refractivity contribution >= 4 is 22.5 Å². The van der Waals surface area contributed by atoms with Crippen LogP contribution in [-0.4, -0.2) is 32.5 Å². The number of anilines is 1. The first kappa shape index (κ1) is 16.5. The molecule has 134 valence electrons. The van der Waals surface area contributed by atoms with Gasteiger partial charge in [0, 0.05) is 37.8 Å². The van der Waals surface area contributed by atoms with E-state index in [4.69, 9.17) is 4.98 Å². The summed E-state index contributed by atoms with van der Waals surface area (Å²) in [5, 5.41) is 11.3. The van der Waals surface area contributed by atoms with Crippen molar-refractivity contribution in [3.63, 3.8) is 0 Å². The zero-order valence-electron chi connectivity index (χ0n) is 14.7. The maximum absolute atomic E-state index is 11.3. The molecule has 1 aliphatic heterocycles. The van der Waals surface area contributed by atoms with Crippen LogP contribution < -0.4 is 4.90 Å². The van der Waals surface area contributed by atoms with Crippen molar-refractivity contribution in [1.82, 2.24) is 14.5 Å². The minimum absolute atomic E-state index is 0.0771. The largest absolute Gasteiger partial charge is 0.351 e. The molecular weight excluding hydrogens is 330 g/mol. The topological polar surface area (TPSA) is 77.1 Å². The van der Waals surface area contributed by atoms with E-state index in [9.17, 15) is 10.1 Å².